The molecule has 2 aromatic heterocycles. The van der Waals surface area contributed by atoms with Gasteiger partial charge in [0.25, 0.3) is 0 Å². The Morgan fingerprint density at radius 1 is 1.18 bits per heavy atom. The molecule has 28 heavy (non-hydrogen) atoms. The van der Waals surface area contributed by atoms with Gasteiger partial charge in [-0.15, -0.1) is 11.3 Å². The second kappa shape index (κ2) is 8.92. The first-order chi connectivity index (χ1) is 13.5. The maximum absolute atomic E-state index is 12.6. The Balaban J connectivity index is 1.45. The van der Waals surface area contributed by atoms with E-state index in [1.165, 1.54) is 12.1 Å². The number of oxazole rings is 1. The monoisotopic (exact) mass is 408 g/mol. The van der Waals surface area contributed by atoms with Crippen molar-refractivity contribution in [2.75, 3.05) is 13.6 Å². The molecule has 0 aliphatic heterocycles. The molecule has 3 aromatic rings. The standard InChI is InChI=1S/C19H19F3N4OS/c1-23-18(24-9-8-13-4-6-14(7-5-13)19(20,21)22)25-11-15-12-27-17(26-15)16-3-2-10-28-16/h2-7,10,12H,8-9,11H2,1H3,(H2,23,24,25). The average molecular weight is 408 g/mol. The zero-order valence-electron chi connectivity index (χ0n) is 15.1. The van der Waals surface area contributed by atoms with Gasteiger partial charge in [0.05, 0.1) is 22.7 Å². The summed E-state index contributed by atoms with van der Waals surface area (Å²) in [5.74, 6) is 1.16. The fraction of sp³-hybridized carbons (Fsp3) is 0.263. The summed E-state index contributed by atoms with van der Waals surface area (Å²) in [6.45, 7) is 0.971. The van der Waals surface area contributed by atoms with Crippen molar-refractivity contribution in [2.45, 2.75) is 19.1 Å². The van der Waals surface area contributed by atoms with Crippen LogP contribution in [0.15, 0.2) is 57.5 Å². The number of aromatic nitrogens is 1. The molecule has 9 heteroatoms. The lowest BCUT2D eigenvalue weighted by Crippen LogP contribution is -2.37. The van der Waals surface area contributed by atoms with E-state index in [4.69, 9.17) is 4.42 Å². The highest BCUT2D eigenvalue weighted by Crippen LogP contribution is 2.29. The third-order valence-electron chi connectivity index (χ3n) is 3.93. The Kier molecular flexibility index (Phi) is 6.35. The predicted molar refractivity (Wildman–Crippen MR) is 103 cm³/mol. The van der Waals surface area contributed by atoms with Gasteiger partial charge in [0.2, 0.25) is 5.89 Å². The number of guanidine groups is 1. The molecule has 0 spiro atoms. The van der Waals surface area contributed by atoms with Crippen LogP contribution in [0.3, 0.4) is 0 Å². The first kappa shape index (κ1) is 19.9. The molecule has 5 nitrogen and oxygen atoms in total. The van der Waals surface area contributed by atoms with Crippen LogP contribution in [0.25, 0.3) is 10.8 Å². The molecule has 0 amide bonds. The highest BCUT2D eigenvalue weighted by molar-refractivity contribution is 7.13. The molecule has 1 aromatic carbocycles. The number of rotatable bonds is 6. The van der Waals surface area contributed by atoms with Crippen molar-refractivity contribution in [3.05, 3.63) is 64.9 Å². The summed E-state index contributed by atoms with van der Waals surface area (Å²) in [6.07, 6.45) is -2.14. The van der Waals surface area contributed by atoms with Crippen molar-refractivity contribution in [1.82, 2.24) is 15.6 Å². The molecule has 0 bridgehead atoms. The molecule has 3 rings (SSSR count). The number of hydrogen-bond donors (Lipinski definition) is 2. The number of halogens is 3. The molecule has 0 atom stereocenters. The summed E-state index contributed by atoms with van der Waals surface area (Å²) in [5, 5.41) is 8.22. The molecule has 0 unspecified atom stereocenters. The van der Waals surface area contributed by atoms with Crippen molar-refractivity contribution in [3.8, 4) is 10.8 Å². The Labute approximate surface area is 164 Å². The first-order valence-corrected chi connectivity index (χ1v) is 9.42. The number of nitrogens with one attached hydrogen (secondary N) is 2. The van der Waals surface area contributed by atoms with Crippen molar-refractivity contribution >= 4 is 17.3 Å². The molecule has 0 fully saturated rings. The van der Waals surface area contributed by atoms with Gasteiger partial charge in [0.1, 0.15) is 6.26 Å². The highest BCUT2D eigenvalue weighted by atomic mass is 32.1. The van der Waals surface area contributed by atoms with E-state index < -0.39 is 11.7 Å². The lowest BCUT2D eigenvalue weighted by atomic mass is 10.1. The quantitative estimate of drug-likeness (QED) is 0.471. The van der Waals surface area contributed by atoms with E-state index >= 15 is 0 Å². The van der Waals surface area contributed by atoms with Gasteiger partial charge in [-0.1, -0.05) is 18.2 Å². The second-order valence-electron chi connectivity index (χ2n) is 5.92. The number of thiophene rings is 1. The smallest absolute Gasteiger partial charge is 0.416 e. The van der Waals surface area contributed by atoms with Crippen LogP contribution in [0.5, 0.6) is 0 Å². The molecule has 0 radical (unpaired) electrons. The van der Waals surface area contributed by atoms with Gasteiger partial charge >= 0.3 is 6.18 Å². The molecule has 0 saturated heterocycles. The minimum absolute atomic E-state index is 0.439. The van der Waals surface area contributed by atoms with Gasteiger partial charge in [-0.05, 0) is 35.6 Å². The zero-order chi connectivity index (χ0) is 20.0. The second-order valence-corrected chi connectivity index (χ2v) is 6.87. The number of benzene rings is 1. The summed E-state index contributed by atoms with van der Waals surface area (Å²) >= 11 is 1.55. The van der Waals surface area contributed by atoms with Crippen molar-refractivity contribution in [3.63, 3.8) is 0 Å². The van der Waals surface area contributed by atoms with Crippen LogP contribution < -0.4 is 10.6 Å². The minimum Gasteiger partial charge on any atom is -0.443 e. The van der Waals surface area contributed by atoms with Gasteiger partial charge < -0.3 is 15.1 Å². The van der Waals surface area contributed by atoms with Crippen LogP contribution in [0.4, 0.5) is 13.2 Å². The van der Waals surface area contributed by atoms with Gasteiger partial charge in [-0.25, -0.2) is 4.98 Å². The molecular weight excluding hydrogens is 389 g/mol. The molecular formula is C19H19F3N4OS. The van der Waals surface area contributed by atoms with Crippen LogP contribution >= 0.6 is 11.3 Å². The fourth-order valence-electron chi connectivity index (χ4n) is 2.48. The SMILES string of the molecule is CN=C(NCCc1ccc(C(F)(F)F)cc1)NCc1coc(-c2cccs2)n1. The van der Waals surface area contributed by atoms with Crippen LogP contribution in [0.1, 0.15) is 16.8 Å². The van der Waals surface area contributed by atoms with Gasteiger partial charge in [0, 0.05) is 13.6 Å². The molecule has 2 heterocycles. The lowest BCUT2D eigenvalue weighted by Gasteiger charge is -2.11. The Bertz CT molecular complexity index is 902. The molecule has 2 N–H and O–H groups in total. The topological polar surface area (TPSA) is 62.5 Å². The first-order valence-electron chi connectivity index (χ1n) is 8.54. The summed E-state index contributed by atoms with van der Waals surface area (Å²) in [5.41, 5.74) is 0.915. The number of nitrogens with zero attached hydrogens (tertiary/aromatic N) is 2. The van der Waals surface area contributed by atoms with Crippen molar-refractivity contribution in [1.29, 1.82) is 0 Å². The molecule has 0 saturated carbocycles. The largest absolute Gasteiger partial charge is 0.443 e. The molecule has 0 aliphatic carbocycles. The predicted octanol–water partition coefficient (Wildman–Crippen LogP) is 4.33. The Hall–Kier alpha value is -2.81. The van der Waals surface area contributed by atoms with E-state index in [9.17, 15) is 13.2 Å². The van der Waals surface area contributed by atoms with Crippen LogP contribution in [-0.2, 0) is 19.1 Å². The Morgan fingerprint density at radius 2 is 1.96 bits per heavy atom. The summed E-state index contributed by atoms with van der Waals surface area (Å²) in [6, 6.07) is 9.04. The van der Waals surface area contributed by atoms with Crippen LogP contribution in [0, 0.1) is 0 Å². The van der Waals surface area contributed by atoms with E-state index in [1.807, 2.05) is 17.5 Å². The van der Waals surface area contributed by atoms with Gasteiger partial charge in [-0.3, -0.25) is 4.99 Å². The van der Waals surface area contributed by atoms with E-state index in [-0.39, 0.29) is 0 Å². The summed E-state index contributed by atoms with van der Waals surface area (Å²) in [4.78, 5) is 9.51. The number of alkyl halides is 3. The normalized spacial score (nSPS) is 12.2. The summed E-state index contributed by atoms with van der Waals surface area (Å²) in [7, 11) is 1.65. The maximum Gasteiger partial charge on any atom is 0.416 e. The maximum atomic E-state index is 12.6. The van der Waals surface area contributed by atoms with Crippen molar-refractivity contribution in [2.24, 2.45) is 4.99 Å². The summed E-state index contributed by atoms with van der Waals surface area (Å²) < 4.78 is 43.2. The van der Waals surface area contributed by atoms with Crippen LogP contribution in [-0.4, -0.2) is 24.5 Å². The molecule has 148 valence electrons. The number of hydrogen-bond acceptors (Lipinski definition) is 4. The third kappa shape index (κ3) is 5.35. The lowest BCUT2D eigenvalue weighted by molar-refractivity contribution is -0.137. The van der Waals surface area contributed by atoms with E-state index in [0.29, 0.717) is 31.4 Å². The molecule has 0 aliphatic rings. The van der Waals surface area contributed by atoms with Crippen LogP contribution in [0.2, 0.25) is 0 Å². The Morgan fingerprint density at radius 3 is 2.61 bits per heavy atom. The zero-order valence-corrected chi connectivity index (χ0v) is 15.9. The average Bonchev–Trinajstić information content (AvgIpc) is 3.35. The number of aliphatic imine (C=N–C) groups is 1. The van der Waals surface area contributed by atoms with Gasteiger partial charge in [-0.2, -0.15) is 13.2 Å². The third-order valence-corrected chi connectivity index (χ3v) is 4.79. The van der Waals surface area contributed by atoms with E-state index in [1.54, 1.807) is 24.6 Å². The van der Waals surface area contributed by atoms with Gasteiger partial charge in [0.15, 0.2) is 5.96 Å². The highest BCUT2D eigenvalue weighted by Gasteiger charge is 2.29. The van der Waals surface area contributed by atoms with Crippen molar-refractivity contribution < 1.29 is 17.6 Å². The fourth-order valence-corrected chi connectivity index (χ4v) is 3.14. The minimum atomic E-state index is -4.31. The van der Waals surface area contributed by atoms with E-state index in [0.717, 1.165) is 28.3 Å². The van der Waals surface area contributed by atoms with E-state index in [2.05, 4.69) is 20.6 Å².